The first-order valence-corrected chi connectivity index (χ1v) is 5.89. The Hall–Kier alpha value is -1.34. The maximum Gasteiger partial charge on any atom is 0.273 e. The van der Waals surface area contributed by atoms with Crippen molar-refractivity contribution in [1.29, 1.82) is 0 Å². The fourth-order valence-electron chi connectivity index (χ4n) is 1.26. The maximum absolute atomic E-state index is 10.8. The van der Waals surface area contributed by atoms with Crippen molar-refractivity contribution in [2.45, 2.75) is 6.92 Å². The molecule has 0 aliphatic heterocycles. The highest BCUT2D eigenvalue weighted by atomic mass is 79.9. The van der Waals surface area contributed by atoms with Crippen LogP contribution < -0.4 is 0 Å². The first-order valence-electron chi connectivity index (χ1n) is 4.32. The minimum absolute atomic E-state index is 0.101. The molecule has 0 unspecified atom stereocenters. The highest BCUT2D eigenvalue weighted by Crippen LogP contribution is 2.28. The van der Waals surface area contributed by atoms with Crippen LogP contribution in [0.15, 0.2) is 22.9 Å². The first kappa shape index (κ1) is 11.2. The number of nitrogens with zero attached hydrogens (tertiary/aromatic N) is 3. The molecule has 2 rings (SSSR count). The van der Waals surface area contributed by atoms with Crippen LogP contribution in [0.4, 0.5) is 5.69 Å². The topological polar surface area (TPSA) is 68.9 Å². The van der Waals surface area contributed by atoms with Crippen LogP contribution in [0.3, 0.4) is 0 Å². The van der Waals surface area contributed by atoms with Crippen molar-refractivity contribution in [3.05, 3.63) is 38.6 Å². The van der Waals surface area contributed by atoms with Gasteiger partial charge in [-0.3, -0.25) is 10.1 Å². The number of hydrogen-bond acceptors (Lipinski definition) is 5. The molecule has 16 heavy (non-hydrogen) atoms. The van der Waals surface area contributed by atoms with Crippen molar-refractivity contribution in [3.8, 4) is 10.6 Å². The first-order chi connectivity index (χ1) is 7.58. The molecule has 1 aromatic carbocycles. The zero-order chi connectivity index (χ0) is 11.7. The van der Waals surface area contributed by atoms with Gasteiger partial charge in [0, 0.05) is 17.2 Å². The molecule has 0 aliphatic carbocycles. The van der Waals surface area contributed by atoms with Gasteiger partial charge in [-0.1, -0.05) is 12.1 Å². The number of benzene rings is 1. The van der Waals surface area contributed by atoms with E-state index in [4.69, 9.17) is 0 Å². The number of halogens is 1. The van der Waals surface area contributed by atoms with E-state index in [1.54, 1.807) is 19.1 Å². The van der Waals surface area contributed by atoms with Gasteiger partial charge < -0.3 is 0 Å². The SMILES string of the molecule is Cc1ccc(-c2nc(Br)ns2)cc1[N+](=O)[O-]. The highest BCUT2D eigenvalue weighted by Gasteiger charge is 2.13. The largest absolute Gasteiger partial charge is 0.273 e. The summed E-state index contributed by atoms with van der Waals surface area (Å²) in [6.07, 6.45) is 0. The average molecular weight is 300 g/mol. The van der Waals surface area contributed by atoms with Gasteiger partial charge in [-0.05, 0) is 34.4 Å². The Kier molecular flexibility index (Phi) is 2.97. The lowest BCUT2D eigenvalue weighted by Crippen LogP contribution is -1.91. The smallest absolute Gasteiger partial charge is 0.258 e. The van der Waals surface area contributed by atoms with Crippen molar-refractivity contribution >= 4 is 33.1 Å². The number of hydrogen-bond donors (Lipinski definition) is 0. The minimum atomic E-state index is -0.394. The minimum Gasteiger partial charge on any atom is -0.258 e. The molecule has 0 saturated heterocycles. The Morgan fingerprint density at radius 2 is 2.25 bits per heavy atom. The summed E-state index contributed by atoms with van der Waals surface area (Å²) in [5.41, 5.74) is 1.45. The second kappa shape index (κ2) is 4.26. The van der Waals surface area contributed by atoms with Crippen LogP contribution >= 0.6 is 27.5 Å². The van der Waals surface area contributed by atoms with E-state index in [0.29, 0.717) is 20.9 Å². The Balaban J connectivity index is 2.51. The molecular weight excluding hydrogens is 294 g/mol. The van der Waals surface area contributed by atoms with E-state index in [-0.39, 0.29) is 5.69 Å². The van der Waals surface area contributed by atoms with E-state index >= 15 is 0 Å². The normalized spacial score (nSPS) is 10.4. The number of nitro groups is 1. The van der Waals surface area contributed by atoms with Crippen LogP contribution in [0.5, 0.6) is 0 Å². The quantitative estimate of drug-likeness (QED) is 0.631. The summed E-state index contributed by atoms with van der Waals surface area (Å²) in [6.45, 7) is 1.71. The van der Waals surface area contributed by atoms with Crippen molar-refractivity contribution in [3.63, 3.8) is 0 Å². The third kappa shape index (κ3) is 2.10. The fourth-order valence-corrected chi connectivity index (χ4v) is 2.34. The van der Waals surface area contributed by atoms with Gasteiger partial charge in [0.15, 0.2) is 0 Å². The molecule has 1 heterocycles. The number of rotatable bonds is 2. The van der Waals surface area contributed by atoms with Crippen molar-refractivity contribution < 1.29 is 4.92 Å². The van der Waals surface area contributed by atoms with Crippen molar-refractivity contribution in [2.75, 3.05) is 0 Å². The molecule has 0 saturated carbocycles. The van der Waals surface area contributed by atoms with Gasteiger partial charge in [0.25, 0.3) is 5.69 Å². The van der Waals surface area contributed by atoms with Gasteiger partial charge in [0.05, 0.1) is 4.92 Å². The Morgan fingerprint density at radius 1 is 1.50 bits per heavy atom. The van der Waals surface area contributed by atoms with E-state index in [9.17, 15) is 10.1 Å². The Labute approximate surface area is 104 Å². The van der Waals surface area contributed by atoms with E-state index in [2.05, 4.69) is 25.3 Å². The molecule has 0 atom stereocenters. The molecule has 0 radical (unpaired) electrons. The summed E-state index contributed by atoms with van der Waals surface area (Å²) in [7, 11) is 0. The predicted molar refractivity (Wildman–Crippen MR) is 64.4 cm³/mol. The Morgan fingerprint density at radius 3 is 2.81 bits per heavy atom. The molecule has 0 bridgehead atoms. The lowest BCUT2D eigenvalue weighted by Gasteiger charge is -1.99. The fraction of sp³-hybridized carbons (Fsp3) is 0.111. The summed E-state index contributed by atoms with van der Waals surface area (Å²) in [4.78, 5) is 14.5. The number of aryl methyl sites for hydroxylation is 1. The second-order valence-electron chi connectivity index (χ2n) is 3.13. The van der Waals surface area contributed by atoms with Crippen LogP contribution in [0.2, 0.25) is 0 Å². The molecule has 7 heteroatoms. The number of aromatic nitrogens is 2. The molecule has 0 spiro atoms. The molecule has 0 amide bonds. The summed E-state index contributed by atoms with van der Waals surface area (Å²) >= 11 is 4.34. The van der Waals surface area contributed by atoms with Gasteiger partial charge in [-0.15, -0.1) is 0 Å². The molecule has 82 valence electrons. The van der Waals surface area contributed by atoms with Crippen molar-refractivity contribution in [2.24, 2.45) is 0 Å². The van der Waals surface area contributed by atoms with Gasteiger partial charge in [-0.25, -0.2) is 4.98 Å². The van der Waals surface area contributed by atoms with Gasteiger partial charge in [0.2, 0.25) is 4.73 Å². The van der Waals surface area contributed by atoms with Crippen LogP contribution in [0.1, 0.15) is 5.56 Å². The molecule has 2 aromatic rings. The second-order valence-corrected chi connectivity index (χ2v) is 4.59. The third-order valence-corrected chi connectivity index (χ3v) is 3.41. The summed E-state index contributed by atoms with van der Waals surface area (Å²) in [5.74, 6) is 0. The monoisotopic (exact) mass is 299 g/mol. The van der Waals surface area contributed by atoms with Crippen molar-refractivity contribution in [1.82, 2.24) is 9.36 Å². The standard InChI is InChI=1S/C9H6BrN3O2S/c1-5-2-3-6(4-7(5)13(14)15)8-11-9(10)12-16-8/h2-4H,1H3. The summed E-state index contributed by atoms with van der Waals surface area (Å²) in [5, 5.41) is 11.4. The lowest BCUT2D eigenvalue weighted by molar-refractivity contribution is -0.385. The van der Waals surface area contributed by atoms with Crippen LogP contribution in [-0.2, 0) is 0 Å². The average Bonchev–Trinajstić information content (AvgIpc) is 2.65. The third-order valence-electron chi connectivity index (χ3n) is 2.05. The lowest BCUT2D eigenvalue weighted by atomic mass is 10.1. The molecule has 0 aliphatic rings. The van der Waals surface area contributed by atoms with Crippen LogP contribution in [0, 0.1) is 17.0 Å². The van der Waals surface area contributed by atoms with Crippen LogP contribution in [-0.4, -0.2) is 14.3 Å². The molecular formula is C9H6BrN3O2S. The van der Waals surface area contributed by atoms with Gasteiger partial charge in [0.1, 0.15) is 5.01 Å². The summed E-state index contributed by atoms with van der Waals surface area (Å²) in [6, 6.07) is 5.03. The summed E-state index contributed by atoms with van der Waals surface area (Å²) < 4.78 is 4.46. The zero-order valence-electron chi connectivity index (χ0n) is 8.18. The van der Waals surface area contributed by atoms with E-state index in [1.165, 1.54) is 17.6 Å². The van der Waals surface area contributed by atoms with E-state index < -0.39 is 4.92 Å². The molecule has 0 fully saturated rings. The number of nitro benzene ring substituents is 1. The molecule has 1 aromatic heterocycles. The van der Waals surface area contributed by atoms with Gasteiger partial charge in [-0.2, -0.15) is 4.37 Å². The van der Waals surface area contributed by atoms with Crippen LogP contribution in [0.25, 0.3) is 10.6 Å². The highest BCUT2D eigenvalue weighted by molar-refractivity contribution is 9.10. The van der Waals surface area contributed by atoms with E-state index in [0.717, 1.165) is 0 Å². The molecule has 5 nitrogen and oxygen atoms in total. The van der Waals surface area contributed by atoms with E-state index in [1.807, 2.05) is 0 Å². The maximum atomic E-state index is 10.8. The Bertz CT molecular complexity index is 555. The van der Waals surface area contributed by atoms with Gasteiger partial charge >= 0.3 is 0 Å². The predicted octanol–water partition coefficient (Wildman–Crippen LogP) is 3.18. The zero-order valence-corrected chi connectivity index (χ0v) is 10.6. The molecule has 0 N–H and O–H groups in total.